The molecule has 2 aliphatic heterocycles. The first-order valence-corrected chi connectivity index (χ1v) is 5.72. The number of carbonyl (C=O) groups excluding carboxylic acids is 1. The summed E-state index contributed by atoms with van der Waals surface area (Å²) in [5.41, 5.74) is 0. The average molecular weight is 212 g/mol. The summed E-state index contributed by atoms with van der Waals surface area (Å²) in [6.07, 6.45) is 2.62. The van der Waals surface area contributed by atoms with E-state index < -0.39 is 0 Å². The third kappa shape index (κ3) is 2.92. The highest BCUT2D eigenvalue weighted by atomic mass is 16.6. The summed E-state index contributed by atoms with van der Waals surface area (Å²) in [4.78, 5) is 15.9. The maximum Gasteiger partial charge on any atom is 0.226 e. The lowest BCUT2D eigenvalue weighted by molar-refractivity contribution is -0.134. The first kappa shape index (κ1) is 10.9. The van der Waals surface area contributed by atoms with Gasteiger partial charge in [-0.2, -0.15) is 0 Å². The molecule has 0 unspecified atom stereocenters. The van der Waals surface area contributed by atoms with Gasteiger partial charge in [0.15, 0.2) is 0 Å². The number of hydrogen-bond acceptors (Lipinski definition) is 3. The Kier molecular flexibility index (Phi) is 3.26. The van der Waals surface area contributed by atoms with Crippen LogP contribution in [0.15, 0.2) is 0 Å². The van der Waals surface area contributed by atoms with E-state index in [2.05, 4.69) is 4.90 Å². The number of carbonyl (C=O) groups is 1. The molecule has 2 rings (SSSR count). The molecular weight excluding hydrogens is 192 g/mol. The molecule has 1 amide bonds. The number of amides is 1. The first-order chi connectivity index (χ1) is 7.16. The molecule has 15 heavy (non-hydrogen) atoms. The minimum absolute atomic E-state index is 0.201. The van der Waals surface area contributed by atoms with Crippen LogP contribution in [0.2, 0.25) is 0 Å². The maximum atomic E-state index is 11.8. The highest BCUT2D eigenvalue weighted by molar-refractivity contribution is 5.78. The number of nitrogens with zero attached hydrogens (tertiary/aromatic N) is 2. The van der Waals surface area contributed by atoms with Crippen LogP contribution in [0.25, 0.3) is 0 Å². The van der Waals surface area contributed by atoms with Gasteiger partial charge in [-0.1, -0.05) is 0 Å². The summed E-state index contributed by atoms with van der Waals surface area (Å²) in [6.45, 7) is 3.95. The molecule has 2 aliphatic rings. The normalized spacial score (nSPS) is 31.3. The fourth-order valence-electron chi connectivity index (χ4n) is 2.25. The zero-order valence-electron chi connectivity index (χ0n) is 9.61. The molecule has 0 aromatic carbocycles. The van der Waals surface area contributed by atoms with Gasteiger partial charge in [-0.25, -0.2) is 0 Å². The number of rotatable bonds is 3. The smallest absolute Gasteiger partial charge is 0.226 e. The van der Waals surface area contributed by atoms with E-state index in [1.165, 1.54) is 0 Å². The number of hydrogen-bond donors (Lipinski definition) is 0. The van der Waals surface area contributed by atoms with Gasteiger partial charge in [-0.05, 0) is 19.4 Å². The molecule has 2 saturated heterocycles. The van der Waals surface area contributed by atoms with Crippen molar-refractivity contribution in [1.29, 1.82) is 0 Å². The molecule has 0 radical (unpaired) electrons. The zero-order valence-corrected chi connectivity index (χ0v) is 9.61. The summed E-state index contributed by atoms with van der Waals surface area (Å²) in [7, 11) is 3.68. The second-order valence-corrected chi connectivity index (χ2v) is 4.79. The predicted molar refractivity (Wildman–Crippen MR) is 57.6 cm³/mol. The standard InChI is InChI=1S/C11H20N2O2/c1-12(2)11(14)9-4-3-5-13(6-9)7-10-8-15-10/h9-10H,3-8H2,1-2H3/t9-,10-/m1/s1. The molecule has 0 aromatic rings. The number of likely N-dealkylation sites (tertiary alicyclic amines) is 1. The van der Waals surface area contributed by atoms with Crippen LogP contribution in [0.3, 0.4) is 0 Å². The molecule has 4 nitrogen and oxygen atoms in total. The van der Waals surface area contributed by atoms with Gasteiger partial charge in [-0.15, -0.1) is 0 Å². The summed E-state index contributed by atoms with van der Waals surface area (Å²) >= 11 is 0. The van der Waals surface area contributed by atoms with Gasteiger partial charge >= 0.3 is 0 Å². The largest absolute Gasteiger partial charge is 0.372 e. The van der Waals surface area contributed by atoms with E-state index in [-0.39, 0.29) is 11.8 Å². The van der Waals surface area contributed by atoms with Gasteiger partial charge in [-0.3, -0.25) is 9.69 Å². The summed E-state index contributed by atoms with van der Waals surface area (Å²) in [6, 6.07) is 0. The topological polar surface area (TPSA) is 36.1 Å². The molecule has 2 heterocycles. The van der Waals surface area contributed by atoms with E-state index in [1.54, 1.807) is 4.90 Å². The van der Waals surface area contributed by atoms with Crippen molar-refractivity contribution in [3.63, 3.8) is 0 Å². The molecule has 0 spiro atoms. The summed E-state index contributed by atoms with van der Waals surface area (Å²) in [5, 5.41) is 0. The second kappa shape index (κ2) is 4.49. The van der Waals surface area contributed by atoms with Crippen LogP contribution in [0.1, 0.15) is 12.8 Å². The van der Waals surface area contributed by atoms with E-state index in [0.29, 0.717) is 6.10 Å². The van der Waals surface area contributed by atoms with Gasteiger partial charge in [0.1, 0.15) is 0 Å². The molecule has 2 atom stereocenters. The minimum Gasteiger partial charge on any atom is -0.372 e. The van der Waals surface area contributed by atoms with E-state index in [0.717, 1.165) is 39.1 Å². The lowest BCUT2D eigenvalue weighted by Gasteiger charge is -2.32. The third-order valence-electron chi connectivity index (χ3n) is 3.16. The Morgan fingerprint density at radius 1 is 1.53 bits per heavy atom. The highest BCUT2D eigenvalue weighted by Gasteiger charge is 2.31. The number of ether oxygens (including phenoxy) is 1. The predicted octanol–water partition coefficient (Wildman–Crippen LogP) is 0.185. The Bertz CT molecular complexity index is 239. The van der Waals surface area contributed by atoms with Crippen molar-refractivity contribution in [2.45, 2.75) is 18.9 Å². The number of piperidine rings is 1. The van der Waals surface area contributed by atoms with Crippen LogP contribution in [-0.2, 0) is 9.53 Å². The van der Waals surface area contributed by atoms with Gasteiger partial charge in [0.2, 0.25) is 5.91 Å². The van der Waals surface area contributed by atoms with Crippen molar-refractivity contribution < 1.29 is 9.53 Å². The van der Waals surface area contributed by atoms with Crippen molar-refractivity contribution in [2.24, 2.45) is 5.92 Å². The van der Waals surface area contributed by atoms with E-state index in [4.69, 9.17) is 4.74 Å². The van der Waals surface area contributed by atoms with Crippen molar-refractivity contribution in [3.8, 4) is 0 Å². The van der Waals surface area contributed by atoms with Crippen LogP contribution < -0.4 is 0 Å². The average Bonchev–Trinajstić information content (AvgIpc) is 3.01. The molecule has 0 bridgehead atoms. The Hall–Kier alpha value is -0.610. The zero-order chi connectivity index (χ0) is 10.8. The monoisotopic (exact) mass is 212 g/mol. The van der Waals surface area contributed by atoms with Crippen molar-refractivity contribution in [1.82, 2.24) is 9.80 Å². The SMILES string of the molecule is CN(C)C(=O)[C@@H]1CCCN(C[C@@H]2CO2)C1. The molecule has 4 heteroatoms. The van der Waals surface area contributed by atoms with Gasteiger partial charge in [0.25, 0.3) is 0 Å². The van der Waals surface area contributed by atoms with E-state index >= 15 is 0 Å². The second-order valence-electron chi connectivity index (χ2n) is 4.79. The molecule has 2 fully saturated rings. The molecule has 0 N–H and O–H groups in total. The van der Waals surface area contributed by atoms with Gasteiger partial charge < -0.3 is 9.64 Å². The first-order valence-electron chi connectivity index (χ1n) is 5.72. The fourth-order valence-corrected chi connectivity index (χ4v) is 2.25. The minimum atomic E-state index is 0.201. The Morgan fingerprint density at radius 2 is 2.27 bits per heavy atom. The Morgan fingerprint density at radius 3 is 2.87 bits per heavy atom. The van der Waals surface area contributed by atoms with Gasteiger partial charge in [0, 0.05) is 27.2 Å². The van der Waals surface area contributed by atoms with Crippen LogP contribution in [0, 0.1) is 5.92 Å². The molecule has 0 saturated carbocycles. The van der Waals surface area contributed by atoms with E-state index in [1.807, 2.05) is 14.1 Å². The fraction of sp³-hybridized carbons (Fsp3) is 0.909. The van der Waals surface area contributed by atoms with Crippen LogP contribution in [0.5, 0.6) is 0 Å². The van der Waals surface area contributed by atoms with Crippen LogP contribution in [-0.4, -0.2) is 62.1 Å². The lowest BCUT2D eigenvalue weighted by atomic mass is 9.96. The highest BCUT2D eigenvalue weighted by Crippen LogP contribution is 2.20. The summed E-state index contributed by atoms with van der Waals surface area (Å²) in [5.74, 6) is 0.476. The van der Waals surface area contributed by atoms with E-state index in [9.17, 15) is 4.79 Å². The Labute approximate surface area is 91.2 Å². The molecule has 0 aromatic heterocycles. The maximum absolute atomic E-state index is 11.8. The summed E-state index contributed by atoms with van der Waals surface area (Å²) < 4.78 is 5.22. The van der Waals surface area contributed by atoms with Gasteiger partial charge in [0.05, 0.1) is 18.6 Å². The van der Waals surface area contributed by atoms with Crippen molar-refractivity contribution >= 4 is 5.91 Å². The lowest BCUT2D eigenvalue weighted by Crippen LogP contribution is -2.43. The molecule has 86 valence electrons. The molecule has 0 aliphatic carbocycles. The number of epoxide rings is 1. The van der Waals surface area contributed by atoms with Crippen LogP contribution in [0.4, 0.5) is 0 Å². The van der Waals surface area contributed by atoms with Crippen molar-refractivity contribution in [3.05, 3.63) is 0 Å². The quantitative estimate of drug-likeness (QED) is 0.626. The Balaban J connectivity index is 1.82. The third-order valence-corrected chi connectivity index (χ3v) is 3.16. The van der Waals surface area contributed by atoms with Crippen LogP contribution >= 0.6 is 0 Å². The molecular formula is C11H20N2O2. The van der Waals surface area contributed by atoms with Crippen molar-refractivity contribution in [2.75, 3.05) is 40.3 Å².